The van der Waals surface area contributed by atoms with Crippen molar-refractivity contribution in [3.63, 3.8) is 0 Å². The van der Waals surface area contributed by atoms with Gasteiger partial charge in [-0.2, -0.15) is 0 Å². The van der Waals surface area contributed by atoms with Crippen LogP contribution < -0.4 is 10.2 Å². The van der Waals surface area contributed by atoms with E-state index in [9.17, 15) is 4.79 Å². The van der Waals surface area contributed by atoms with E-state index >= 15 is 0 Å². The molecule has 6 nitrogen and oxygen atoms in total. The van der Waals surface area contributed by atoms with Crippen molar-refractivity contribution < 1.29 is 9.53 Å². The fourth-order valence-electron chi connectivity index (χ4n) is 3.51. The van der Waals surface area contributed by atoms with Crippen molar-refractivity contribution in [2.75, 3.05) is 13.1 Å². The van der Waals surface area contributed by atoms with Crippen LogP contribution in [0.5, 0.6) is 5.88 Å². The summed E-state index contributed by atoms with van der Waals surface area (Å²) in [7, 11) is 0. The predicted molar refractivity (Wildman–Crippen MR) is 117 cm³/mol. The Labute approximate surface area is 176 Å². The molecule has 0 bridgehead atoms. The van der Waals surface area contributed by atoms with Gasteiger partial charge in [-0.15, -0.1) is 0 Å². The average molecular weight is 402 g/mol. The smallest absolute Gasteiger partial charge is 0.389 e. The SMILES string of the molecule is Cc1ccc(-c2ncc(OC(=O)NN3CCCCC3)nc2-c2ccc(C)cc2)cc1. The molecule has 3 aromatic rings. The minimum Gasteiger partial charge on any atom is -0.389 e. The molecule has 0 atom stereocenters. The van der Waals surface area contributed by atoms with Crippen LogP contribution in [0.4, 0.5) is 4.79 Å². The second-order valence-electron chi connectivity index (χ2n) is 7.69. The summed E-state index contributed by atoms with van der Waals surface area (Å²) in [6.07, 6.45) is 4.30. The molecule has 2 heterocycles. The Morgan fingerprint density at radius 1 is 0.867 bits per heavy atom. The topological polar surface area (TPSA) is 67.3 Å². The van der Waals surface area contributed by atoms with Crippen LogP contribution in [-0.4, -0.2) is 34.2 Å². The summed E-state index contributed by atoms with van der Waals surface area (Å²) in [6.45, 7) is 5.76. The van der Waals surface area contributed by atoms with Gasteiger partial charge in [0, 0.05) is 24.2 Å². The first-order valence-electron chi connectivity index (χ1n) is 10.3. The van der Waals surface area contributed by atoms with E-state index in [0.29, 0.717) is 5.69 Å². The van der Waals surface area contributed by atoms with Crippen LogP contribution in [0.3, 0.4) is 0 Å². The van der Waals surface area contributed by atoms with E-state index < -0.39 is 6.09 Å². The van der Waals surface area contributed by atoms with Crippen molar-refractivity contribution >= 4 is 6.09 Å². The van der Waals surface area contributed by atoms with E-state index in [1.165, 1.54) is 18.2 Å². The van der Waals surface area contributed by atoms with Crippen LogP contribution >= 0.6 is 0 Å². The molecule has 0 spiro atoms. The Morgan fingerprint density at radius 2 is 1.43 bits per heavy atom. The quantitative estimate of drug-likeness (QED) is 0.671. The monoisotopic (exact) mass is 402 g/mol. The van der Waals surface area contributed by atoms with Gasteiger partial charge >= 0.3 is 6.09 Å². The summed E-state index contributed by atoms with van der Waals surface area (Å²) in [6, 6.07) is 16.2. The highest BCUT2D eigenvalue weighted by Crippen LogP contribution is 2.30. The van der Waals surface area contributed by atoms with Gasteiger partial charge in [-0.1, -0.05) is 66.1 Å². The number of hydrazine groups is 1. The summed E-state index contributed by atoms with van der Waals surface area (Å²) < 4.78 is 5.45. The third kappa shape index (κ3) is 4.83. The maximum Gasteiger partial charge on any atom is 0.428 e. The number of benzene rings is 2. The number of amides is 1. The highest BCUT2D eigenvalue weighted by atomic mass is 16.6. The van der Waals surface area contributed by atoms with E-state index in [-0.39, 0.29) is 5.88 Å². The zero-order chi connectivity index (χ0) is 20.9. The second-order valence-corrected chi connectivity index (χ2v) is 7.69. The Hall–Kier alpha value is -3.25. The molecule has 4 rings (SSSR count). The molecule has 1 amide bonds. The number of nitrogens with one attached hydrogen (secondary N) is 1. The van der Waals surface area contributed by atoms with Crippen LogP contribution in [0.25, 0.3) is 22.5 Å². The second kappa shape index (κ2) is 9.05. The molecular formula is C24H26N4O2. The number of rotatable bonds is 4. The van der Waals surface area contributed by atoms with E-state index in [1.807, 2.05) is 67.4 Å². The van der Waals surface area contributed by atoms with Crippen LogP contribution in [0.2, 0.25) is 0 Å². The van der Waals surface area contributed by atoms with E-state index in [2.05, 4.69) is 15.4 Å². The molecule has 1 aliphatic heterocycles. The van der Waals surface area contributed by atoms with Crippen LogP contribution in [0.15, 0.2) is 54.7 Å². The molecule has 2 aromatic carbocycles. The van der Waals surface area contributed by atoms with Crippen LogP contribution in [0, 0.1) is 13.8 Å². The summed E-state index contributed by atoms with van der Waals surface area (Å²) in [5.41, 5.74) is 8.46. The van der Waals surface area contributed by atoms with Crippen molar-refractivity contribution in [1.29, 1.82) is 0 Å². The van der Waals surface area contributed by atoms with Crippen molar-refractivity contribution in [1.82, 2.24) is 20.4 Å². The summed E-state index contributed by atoms with van der Waals surface area (Å²) in [5, 5.41) is 1.89. The van der Waals surface area contributed by atoms with Gasteiger partial charge in [-0.3, -0.25) is 5.43 Å². The number of carbonyl (C=O) groups excluding carboxylic acids is 1. The molecular weight excluding hydrogens is 376 g/mol. The first-order valence-corrected chi connectivity index (χ1v) is 10.3. The molecule has 1 aliphatic rings. The lowest BCUT2D eigenvalue weighted by molar-refractivity contribution is 0.128. The normalized spacial score (nSPS) is 14.3. The first-order chi connectivity index (χ1) is 14.6. The van der Waals surface area contributed by atoms with Gasteiger partial charge in [-0.25, -0.2) is 19.8 Å². The van der Waals surface area contributed by atoms with Gasteiger partial charge in [0.1, 0.15) is 5.69 Å². The molecule has 0 unspecified atom stereocenters. The van der Waals surface area contributed by atoms with Crippen LogP contribution in [0.1, 0.15) is 30.4 Å². The van der Waals surface area contributed by atoms with Crippen molar-refractivity contribution in [2.24, 2.45) is 0 Å². The zero-order valence-corrected chi connectivity index (χ0v) is 17.4. The zero-order valence-electron chi connectivity index (χ0n) is 17.4. The molecule has 154 valence electrons. The van der Waals surface area contributed by atoms with Gasteiger partial charge in [0.15, 0.2) is 0 Å². The molecule has 30 heavy (non-hydrogen) atoms. The number of aromatic nitrogens is 2. The standard InChI is InChI=1S/C24H26N4O2/c1-17-6-10-19(11-7-17)22-23(20-12-8-18(2)9-13-20)26-21(16-25-22)30-24(29)27-28-14-4-3-5-15-28/h6-13,16H,3-5,14-15H2,1-2H3,(H,27,29). The Morgan fingerprint density at radius 3 is 2.03 bits per heavy atom. The molecule has 0 saturated carbocycles. The molecule has 0 aliphatic carbocycles. The van der Waals surface area contributed by atoms with Gasteiger partial charge in [0.2, 0.25) is 5.88 Å². The number of nitrogens with zero attached hydrogens (tertiary/aromatic N) is 3. The summed E-state index contributed by atoms with van der Waals surface area (Å²) in [4.78, 5) is 21.6. The molecule has 1 fully saturated rings. The number of piperidine rings is 1. The Bertz CT molecular complexity index is 1010. The number of hydrogen-bond acceptors (Lipinski definition) is 5. The lowest BCUT2D eigenvalue weighted by Gasteiger charge is -2.26. The lowest BCUT2D eigenvalue weighted by Crippen LogP contribution is -2.46. The predicted octanol–water partition coefficient (Wildman–Crippen LogP) is 4.92. The lowest BCUT2D eigenvalue weighted by atomic mass is 10.0. The van der Waals surface area contributed by atoms with E-state index in [1.54, 1.807) is 0 Å². The fourth-order valence-corrected chi connectivity index (χ4v) is 3.51. The van der Waals surface area contributed by atoms with Gasteiger partial charge in [-0.05, 0) is 26.7 Å². The van der Waals surface area contributed by atoms with Gasteiger partial charge < -0.3 is 4.74 Å². The Balaban J connectivity index is 1.62. The maximum atomic E-state index is 12.3. The molecule has 6 heteroatoms. The summed E-state index contributed by atoms with van der Waals surface area (Å²) >= 11 is 0. The third-order valence-corrected chi connectivity index (χ3v) is 5.20. The summed E-state index contributed by atoms with van der Waals surface area (Å²) in [5.74, 6) is 0.177. The number of aryl methyl sites for hydroxylation is 2. The van der Waals surface area contributed by atoms with Crippen molar-refractivity contribution in [3.8, 4) is 28.4 Å². The van der Waals surface area contributed by atoms with Gasteiger partial charge in [0.25, 0.3) is 0 Å². The molecule has 0 radical (unpaired) electrons. The molecule has 1 aromatic heterocycles. The highest BCUT2D eigenvalue weighted by Gasteiger charge is 2.17. The Kier molecular flexibility index (Phi) is 6.05. The van der Waals surface area contributed by atoms with E-state index in [4.69, 9.17) is 4.74 Å². The van der Waals surface area contributed by atoms with E-state index in [0.717, 1.165) is 48.3 Å². The molecule has 1 saturated heterocycles. The minimum atomic E-state index is -0.538. The van der Waals surface area contributed by atoms with Crippen molar-refractivity contribution in [3.05, 3.63) is 65.9 Å². The van der Waals surface area contributed by atoms with Crippen LogP contribution in [-0.2, 0) is 0 Å². The number of hydrogen-bond donors (Lipinski definition) is 1. The highest BCUT2D eigenvalue weighted by molar-refractivity contribution is 5.78. The van der Waals surface area contributed by atoms with Crippen molar-refractivity contribution in [2.45, 2.75) is 33.1 Å². The fraction of sp³-hybridized carbons (Fsp3) is 0.292. The maximum absolute atomic E-state index is 12.3. The number of carbonyl (C=O) groups is 1. The first kappa shape index (κ1) is 20.0. The molecule has 1 N–H and O–H groups in total. The average Bonchev–Trinajstić information content (AvgIpc) is 2.76. The minimum absolute atomic E-state index is 0.177. The third-order valence-electron chi connectivity index (χ3n) is 5.20. The van der Waals surface area contributed by atoms with Gasteiger partial charge in [0.05, 0.1) is 11.9 Å². The number of ether oxygens (including phenoxy) is 1. The largest absolute Gasteiger partial charge is 0.428 e.